The van der Waals surface area contributed by atoms with Gasteiger partial charge in [0.25, 0.3) is 0 Å². The molecule has 0 unspecified atom stereocenters. The third-order valence-corrected chi connectivity index (χ3v) is 5.69. The lowest BCUT2D eigenvalue weighted by molar-refractivity contribution is -0.131. The Bertz CT molecular complexity index is 914. The maximum atomic E-state index is 12.6. The van der Waals surface area contributed by atoms with Crippen LogP contribution in [0.4, 0.5) is 4.79 Å². The minimum atomic E-state index is -0.452. The van der Waals surface area contributed by atoms with E-state index in [0.717, 1.165) is 24.2 Å². The SMILES string of the molecule is COc1cccc(-c2noc(CCCC(=O)N3CCC[C@]4(CC3)CNC(=O)O4)n2)c1. The molecule has 0 saturated carbocycles. The van der Waals surface area contributed by atoms with E-state index in [1.165, 1.54) is 0 Å². The number of likely N-dealkylation sites (tertiary alicyclic amines) is 1. The van der Waals surface area contributed by atoms with Crippen LogP contribution in [0.1, 0.15) is 38.0 Å². The number of hydrogen-bond acceptors (Lipinski definition) is 7. The van der Waals surface area contributed by atoms with E-state index in [9.17, 15) is 9.59 Å². The van der Waals surface area contributed by atoms with Crippen molar-refractivity contribution >= 4 is 12.0 Å². The standard InChI is InChI=1S/C21H26N4O5/c1-28-16-6-2-5-15(13-16)19-23-17(30-24-19)7-3-8-18(26)25-11-4-9-21(10-12-25)14-22-20(27)29-21/h2,5-6,13H,3-4,7-12,14H2,1H3,(H,22,27)/t21-/m0/s1. The van der Waals surface area contributed by atoms with Crippen molar-refractivity contribution in [3.63, 3.8) is 0 Å². The largest absolute Gasteiger partial charge is 0.497 e. The molecule has 30 heavy (non-hydrogen) atoms. The molecular weight excluding hydrogens is 388 g/mol. The Morgan fingerprint density at radius 2 is 2.23 bits per heavy atom. The third kappa shape index (κ3) is 4.55. The molecule has 0 aliphatic carbocycles. The fraction of sp³-hybridized carbons (Fsp3) is 0.524. The number of rotatable bonds is 6. The second-order valence-electron chi connectivity index (χ2n) is 7.76. The highest BCUT2D eigenvalue weighted by Crippen LogP contribution is 2.29. The van der Waals surface area contributed by atoms with Crippen molar-refractivity contribution in [2.45, 2.75) is 44.1 Å². The zero-order chi connectivity index (χ0) is 21.0. The maximum Gasteiger partial charge on any atom is 0.407 e. The topological polar surface area (TPSA) is 107 Å². The van der Waals surface area contributed by atoms with Gasteiger partial charge in [0, 0.05) is 37.9 Å². The number of methoxy groups -OCH3 is 1. The average Bonchev–Trinajstić information content (AvgIpc) is 3.31. The van der Waals surface area contributed by atoms with Gasteiger partial charge >= 0.3 is 6.09 Å². The summed E-state index contributed by atoms with van der Waals surface area (Å²) in [5.41, 5.74) is 0.368. The molecule has 1 N–H and O–H groups in total. The van der Waals surface area contributed by atoms with Gasteiger partial charge in [-0.3, -0.25) is 4.79 Å². The molecule has 2 saturated heterocycles. The van der Waals surface area contributed by atoms with Gasteiger partial charge < -0.3 is 24.2 Å². The van der Waals surface area contributed by atoms with Crippen LogP contribution in [0.5, 0.6) is 5.75 Å². The maximum absolute atomic E-state index is 12.6. The molecule has 2 aromatic rings. The molecule has 160 valence electrons. The number of nitrogens with zero attached hydrogens (tertiary/aromatic N) is 3. The molecule has 2 amide bonds. The summed E-state index contributed by atoms with van der Waals surface area (Å²) in [4.78, 5) is 30.3. The van der Waals surface area contributed by atoms with Crippen LogP contribution < -0.4 is 10.1 Å². The lowest BCUT2D eigenvalue weighted by Crippen LogP contribution is -2.36. The Kier molecular flexibility index (Phi) is 5.87. The summed E-state index contributed by atoms with van der Waals surface area (Å²) in [6.07, 6.45) is 3.52. The van der Waals surface area contributed by atoms with E-state index in [0.29, 0.717) is 57.0 Å². The zero-order valence-electron chi connectivity index (χ0n) is 17.1. The van der Waals surface area contributed by atoms with Gasteiger partial charge in [-0.1, -0.05) is 17.3 Å². The minimum Gasteiger partial charge on any atom is -0.497 e. The van der Waals surface area contributed by atoms with E-state index in [2.05, 4.69) is 15.5 Å². The summed E-state index contributed by atoms with van der Waals surface area (Å²) in [6, 6.07) is 7.47. The molecule has 1 spiro atoms. The number of benzene rings is 1. The molecule has 2 aliphatic heterocycles. The van der Waals surface area contributed by atoms with Crippen molar-refractivity contribution in [1.29, 1.82) is 0 Å². The second-order valence-corrected chi connectivity index (χ2v) is 7.76. The molecule has 3 heterocycles. The Hall–Kier alpha value is -3.10. The van der Waals surface area contributed by atoms with E-state index in [1.54, 1.807) is 7.11 Å². The van der Waals surface area contributed by atoms with E-state index < -0.39 is 5.60 Å². The van der Waals surface area contributed by atoms with Crippen LogP contribution in [0.25, 0.3) is 11.4 Å². The summed E-state index contributed by atoms with van der Waals surface area (Å²) in [5, 5.41) is 6.75. The molecular formula is C21H26N4O5. The molecule has 2 fully saturated rings. The first-order valence-corrected chi connectivity index (χ1v) is 10.3. The first-order valence-electron chi connectivity index (χ1n) is 10.3. The predicted molar refractivity (Wildman–Crippen MR) is 107 cm³/mol. The molecule has 9 nitrogen and oxygen atoms in total. The average molecular weight is 414 g/mol. The molecule has 1 aromatic carbocycles. The van der Waals surface area contributed by atoms with Crippen molar-refractivity contribution < 1.29 is 23.6 Å². The number of hydrogen-bond donors (Lipinski definition) is 1. The number of carbonyl (C=O) groups excluding carboxylic acids is 2. The van der Waals surface area contributed by atoms with Crippen LogP contribution in [0.15, 0.2) is 28.8 Å². The highest BCUT2D eigenvalue weighted by molar-refractivity contribution is 5.76. The number of ether oxygens (including phenoxy) is 2. The summed E-state index contributed by atoms with van der Waals surface area (Å²) in [5.74, 6) is 1.86. The first-order chi connectivity index (χ1) is 14.6. The fourth-order valence-corrected chi connectivity index (χ4v) is 3.98. The lowest BCUT2D eigenvalue weighted by atomic mass is 9.95. The Balaban J connectivity index is 1.26. The van der Waals surface area contributed by atoms with Crippen LogP contribution in [0, 0.1) is 0 Å². The van der Waals surface area contributed by atoms with Crippen molar-refractivity contribution in [3.05, 3.63) is 30.2 Å². The summed E-state index contributed by atoms with van der Waals surface area (Å²) in [6.45, 7) is 1.83. The van der Waals surface area contributed by atoms with Gasteiger partial charge in [-0.05, 0) is 31.4 Å². The van der Waals surface area contributed by atoms with Crippen LogP contribution >= 0.6 is 0 Å². The molecule has 0 bridgehead atoms. The van der Waals surface area contributed by atoms with Crippen molar-refractivity contribution in [3.8, 4) is 17.1 Å². The van der Waals surface area contributed by atoms with Gasteiger partial charge in [-0.15, -0.1) is 0 Å². The Labute approximate surface area is 174 Å². The minimum absolute atomic E-state index is 0.108. The first kappa shape index (κ1) is 20.2. The second kappa shape index (κ2) is 8.73. The van der Waals surface area contributed by atoms with Crippen LogP contribution in [-0.4, -0.2) is 59.4 Å². The lowest BCUT2D eigenvalue weighted by Gasteiger charge is -2.25. The van der Waals surface area contributed by atoms with Gasteiger partial charge in [0.2, 0.25) is 17.6 Å². The van der Waals surface area contributed by atoms with E-state index in [-0.39, 0.29) is 12.0 Å². The molecule has 9 heteroatoms. The zero-order valence-corrected chi connectivity index (χ0v) is 17.1. The van der Waals surface area contributed by atoms with Crippen LogP contribution in [0.2, 0.25) is 0 Å². The highest BCUT2D eigenvalue weighted by Gasteiger charge is 2.41. The number of nitrogens with one attached hydrogen (secondary N) is 1. The normalized spacial score (nSPS) is 21.2. The van der Waals surface area contributed by atoms with E-state index in [1.807, 2.05) is 29.2 Å². The molecule has 0 radical (unpaired) electrons. The fourth-order valence-electron chi connectivity index (χ4n) is 3.98. The quantitative estimate of drug-likeness (QED) is 0.774. The third-order valence-electron chi connectivity index (χ3n) is 5.69. The summed E-state index contributed by atoms with van der Waals surface area (Å²) < 4.78 is 16.0. The number of carbonyl (C=O) groups is 2. The number of aryl methyl sites for hydroxylation is 1. The molecule has 4 rings (SSSR count). The summed E-state index contributed by atoms with van der Waals surface area (Å²) >= 11 is 0. The Morgan fingerprint density at radius 1 is 1.33 bits per heavy atom. The highest BCUT2D eigenvalue weighted by atomic mass is 16.6. The van der Waals surface area contributed by atoms with Crippen LogP contribution in [-0.2, 0) is 16.0 Å². The van der Waals surface area contributed by atoms with E-state index >= 15 is 0 Å². The van der Waals surface area contributed by atoms with E-state index in [4.69, 9.17) is 14.0 Å². The molecule has 2 aliphatic rings. The smallest absolute Gasteiger partial charge is 0.407 e. The van der Waals surface area contributed by atoms with Gasteiger partial charge in [0.05, 0.1) is 13.7 Å². The van der Waals surface area contributed by atoms with Crippen molar-refractivity contribution in [2.75, 3.05) is 26.7 Å². The summed E-state index contributed by atoms with van der Waals surface area (Å²) in [7, 11) is 1.61. The van der Waals surface area contributed by atoms with Gasteiger partial charge in [-0.2, -0.15) is 4.98 Å². The molecule has 1 atom stereocenters. The predicted octanol–water partition coefficient (Wildman–Crippen LogP) is 2.56. The number of alkyl carbamates (subject to hydrolysis) is 1. The van der Waals surface area contributed by atoms with Crippen LogP contribution in [0.3, 0.4) is 0 Å². The van der Waals surface area contributed by atoms with Gasteiger partial charge in [0.1, 0.15) is 11.4 Å². The van der Waals surface area contributed by atoms with Crippen molar-refractivity contribution in [2.24, 2.45) is 0 Å². The van der Waals surface area contributed by atoms with Gasteiger partial charge in [0.15, 0.2) is 0 Å². The Morgan fingerprint density at radius 3 is 3.03 bits per heavy atom. The number of amides is 2. The monoisotopic (exact) mass is 414 g/mol. The number of aromatic nitrogens is 2. The van der Waals surface area contributed by atoms with Gasteiger partial charge in [-0.25, -0.2) is 4.79 Å². The van der Waals surface area contributed by atoms with Crippen molar-refractivity contribution in [1.82, 2.24) is 20.4 Å². The molecule has 1 aromatic heterocycles.